The van der Waals surface area contributed by atoms with Gasteiger partial charge in [0, 0.05) is 20.3 Å². The second kappa shape index (κ2) is 5.33. The molecule has 1 aromatic carbocycles. The number of likely N-dealkylation sites (N-methyl/N-ethyl adjacent to an activating group) is 1. The summed E-state index contributed by atoms with van der Waals surface area (Å²) in [6.07, 6.45) is 3.24. The minimum Gasteiger partial charge on any atom is -0.454 e. The normalized spacial score (nSPS) is 39.0. The van der Waals surface area contributed by atoms with Crippen molar-refractivity contribution < 1.29 is 23.7 Å². The zero-order chi connectivity index (χ0) is 17.2. The molecule has 5 rings (SSSR count). The van der Waals surface area contributed by atoms with E-state index in [1.54, 1.807) is 7.11 Å². The van der Waals surface area contributed by atoms with Crippen molar-refractivity contribution in [2.45, 2.75) is 49.2 Å². The third-order valence-corrected chi connectivity index (χ3v) is 6.79. The Hall–Kier alpha value is -1.34. The molecule has 0 N–H and O–H groups in total. The fourth-order valence-corrected chi connectivity index (χ4v) is 5.63. The number of ether oxygens (including phenoxy) is 5. The molecule has 4 unspecified atom stereocenters. The number of hydrogen-bond donors (Lipinski definition) is 0. The Labute approximate surface area is 147 Å². The zero-order valence-electron chi connectivity index (χ0n) is 15.0. The lowest BCUT2D eigenvalue weighted by Crippen LogP contribution is -2.61. The van der Waals surface area contributed by atoms with Gasteiger partial charge in [-0.1, -0.05) is 0 Å². The fourth-order valence-electron chi connectivity index (χ4n) is 5.63. The minimum absolute atomic E-state index is 0.208. The average Bonchev–Trinajstić information content (AvgIpc) is 3.20. The minimum atomic E-state index is -0.619. The molecule has 3 heterocycles. The van der Waals surface area contributed by atoms with Crippen molar-refractivity contribution in [1.82, 2.24) is 4.90 Å². The maximum absolute atomic E-state index is 6.42. The van der Waals surface area contributed by atoms with E-state index in [1.807, 2.05) is 7.11 Å². The number of likely N-dealkylation sites (tertiary alicyclic amines) is 1. The van der Waals surface area contributed by atoms with Crippen LogP contribution in [0.25, 0.3) is 0 Å². The number of benzene rings is 1. The smallest absolute Gasteiger partial charge is 0.231 e. The Morgan fingerprint density at radius 1 is 1.20 bits per heavy atom. The van der Waals surface area contributed by atoms with Crippen molar-refractivity contribution >= 4 is 0 Å². The molecule has 6 nitrogen and oxygen atoms in total. The fraction of sp³-hybridized carbons (Fsp3) is 0.684. The molecule has 0 aromatic heterocycles. The van der Waals surface area contributed by atoms with Gasteiger partial charge in [0.15, 0.2) is 17.3 Å². The van der Waals surface area contributed by atoms with Gasteiger partial charge in [0.25, 0.3) is 0 Å². The highest BCUT2D eigenvalue weighted by molar-refractivity contribution is 5.54. The lowest BCUT2D eigenvalue weighted by Gasteiger charge is -2.53. The van der Waals surface area contributed by atoms with Crippen LogP contribution in [0.4, 0.5) is 0 Å². The molecular formula is C19H25NO5. The highest BCUT2D eigenvalue weighted by Crippen LogP contribution is 2.60. The molecule has 0 amide bonds. The van der Waals surface area contributed by atoms with Gasteiger partial charge in [-0.15, -0.1) is 0 Å². The quantitative estimate of drug-likeness (QED) is 0.816. The van der Waals surface area contributed by atoms with E-state index in [-0.39, 0.29) is 18.3 Å². The molecule has 136 valence electrons. The lowest BCUT2D eigenvalue weighted by molar-refractivity contribution is -0.267. The number of nitrogens with zero attached hydrogens (tertiary/aromatic N) is 1. The average molecular weight is 347 g/mol. The van der Waals surface area contributed by atoms with Gasteiger partial charge in [0.05, 0.1) is 24.7 Å². The van der Waals surface area contributed by atoms with Gasteiger partial charge >= 0.3 is 0 Å². The molecule has 0 bridgehead atoms. The van der Waals surface area contributed by atoms with Gasteiger partial charge in [-0.2, -0.15) is 0 Å². The van der Waals surface area contributed by atoms with E-state index in [0.717, 1.165) is 37.3 Å². The maximum atomic E-state index is 6.42. The standard InChI is InChI=1S/C19H25NO5/c1-20-10-19(22-3)18(5-4-13(21-2)7-17(18)20)14-8-16-15(23-11-24-16)6-12(14)9-25-19/h6,8,13,17H,4-5,7,9-11H2,1-3H3. The Balaban J connectivity index is 1.70. The molecule has 4 atom stereocenters. The molecule has 6 heteroatoms. The first kappa shape index (κ1) is 15.9. The van der Waals surface area contributed by atoms with Crippen LogP contribution in [-0.4, -0.2) is 57.4 Å². The van der Waals surface area contributed by atoms with Crippen LogP contribution in [0, 0.1) is 0 Å². The van der Waals surface area contributed by atoms with E-state index >= 15 is 0 Å². The molecule has 1 saturated heterocycles. The van der Waals surface area contributed by atoms with Crippen molar-refractivity contribution in [2.75, 3.05) is 34.6 Å². The molecule has 25 heavy (non-hydrogen) atoms. The molecule has 2 fully saturated rings. The first-order chi connectivity index (χ1) is 12.1. The number of rotatable bonds is 2. The van der Waals surface area contributed by atoms with Gasteiger partial charge < -0.3 is 23.7 Å². The van der Waals surface area contributed by atoms with Crippen LogP contribution in [0.3, 0.4) is 0 Å². The third-order valence-electron chi connectivity index (χ3n) is 6.79. The molecular weight excluding hydrogens is 322 g/mol. The van der Waals surface area contributed by atoms with Gasteiger partial charge in [-0.05, 0) is 49.6 Å². The molecule has 1 spiro atoms. The predicted molar refractivity (Wildman–Crippen MR) is 89.8 cm³/mol. The van der Waals surface area contributed by atoms with Crippen LogP contribution in [0.15, 0.2) is 12.1 Å². The second-order valence-corrected chi connectivity index (χ2v) is 7.64. The molecule has 1 aromatic rings. The lowest BCUT2D eigenvalue weighted by atomic mass is 9.60. The first-order valence-electron chi connectivity index (χ1n) is 8.99. The largest absolute Gasteiger partial charge is 0.454 e. The van der Waals surface area contributed by atoms with Gasteiger partial charge in [-0.25, -0.2) is 0 Å². The van der Waals surface area contributed by atoms with Crippen molar-refractivity contribution in [3.05, 3.63) is 23.3 Å². The van der Waals surface area contributed by atoms with E-state index in [1.165, 1.54) is 11.1 Å². The Kier molecular flexibility index (Phi) is 3.39. The van der Waals surface area contributed by atoms with E-state index < -0.39 is 5.79 Å². The van der Waals surface area contributed by atoms with E-state index in [9.17, 15) is 0 Å². The molecule has 1 aliphatic carbocycles. The summed E-state index contributed by atoms with van der Waals surface area (Å²) in [6.45, 7) is 1.59. The predicted octanol–water partition coefficient (Wildman–Crippen LogP) is 2.04. The Bertz CT molecular complexity index is 709. The molecule has 1 saturated carbocycles. The summed E-state index contributed by atoms with van der Waals surface area (Å²) in [6, 6.07) is 4.57. The van der Waals surface area contributed by atoms with Gasteiger partial charge in [0.1, 0.15) is 0 Å². The molecule has 4 aliphatic rings. The zero-order valence-corrected chi connectivity index (χ0v) is 15.0. The number of hydrogen-bond acceptors (Lipinski definition) is 6. The third kappa shape index (κ3) is 1.88. The second-order valence-electron chi connectivity index (χ2n) is 7.64. The van der Waals surface area contributed by atoms with Crippen molar-refractivity contribution in [2.24, 2.45) is 0 Å². The SMILES string of the molecule is COC1CCC23c4cc5c(cc4COC2(OC)CN(C)C3C1)OCO5. The van der Waals surface area contributed by atoms with Crippen LogP contribution >= 0.6 is 0 Å². The van der Waals surface area contributed by atoms with E-state index in [0.29, 0.717) is 12.6 Å². The summed E-state index contributed by atoms with van der Waals surface area (Å²) in [5.41, 5.74) is 2.28. The summed E-state index contributed by atoms with van der Waals surface area (Å²) in [5, 5.41) is 0. The summed E-state index contributed by atoms with van der Waals surface area (Å²) in [7, 11) is 5.75. The van der Waals surface area contributed by atoms with Crippen molar-refractivity contribution in [3.8, 4) is 11.5 Å². The van der Waals surface area contributed by atoms with Crippen LogP contribution in [0.2, 0.25) is 0 Å². The highest BCUT2D eigenvalue weighted by Gasteiger charge is 2.68. The van der Waals surface area contributed by atoms with Crippen LogP contribution in [-0.2, 0) is 26.2 Å². The topological polar surface area (TPSA) is 49.4 Å². The summed E-state index contributed by atoms with van der Waals surface area (Å²) in [4.78, 5) is 2.38. The summed E-state index contributed by atoms with van der Waals surface area (Å²) < 4.78 is 29.5. The monoisotopic (exact) mass is 347 g/mol. The van der Waals surface area contributed by atoms with Crippen LogP contribution in [0.5, 0.6) is 11.5 Å². The molecule has 3 aliphatic heterocycles. The van der Waals surface area contributed by atoms with Crippen LogP contribution < -0.4 is 9.47 Å². The Morgan fingerprint density at radius 3 is 2.76 bits per heavy atom. The van der Waals surface area contributed by atoms with Crippen LogP contribution in [0.1, 0.15) is 30.4 Å². The maximum Gasteiger partial charge on any atom is 0.231 e. The Morgan fingerprint density at radius 2 is 2.00 bits per heavy atom. The number of fused-ring (bicyclic) bond motifs is 2. The number of methoxy groups -OCH3 is 2. The summed E-state index contributed by atoms with van der Waals surface area (Å²) in [5.74, 6) is 1.03. The first-order valence-corrected chi connectivity index (χ1v) is 8.99. The summed E-state index contributed by atoms with van der Waals surface area (Å²) >= 11 is 0. The van der Waals surface area contributed by atoms with E-state index in [4.69, 9.17) is 23.7 Å². The highest BCUT2D eigenvalue weighted by atomic mass is 16.7. The van der Waals surface area contributed by atoms with Crippen molar-refractivity contribution in [1.29, 1.82) is 0 Å². The molecule has 0 radical (unpaired) electrons. The van der Waals surface area contributed by atoms with Crippen molar-refractivity contribution in [3.63, 3.8) is 0 Å². The van der Waals surface area contributed by atoms with Gasteiger partial charge in [0.2, 0.25) is 6.79 Å². The van der Waals surface area contributed by atoms with E-state index in [2.05, 4.69) is 24.1 Å². The van der Waals surface area contributed by atoms with Gasteiger partial charge in [-0.3, -0.25) is 4.90 Å².